The summed E-state index contributed by atoms with van der Waals surface area (Å²) in [6.07, 6.45) is 2.99. The monoisotopic (exact) mass is 366 g/mol. The van der Waals surface area contributed by atoms with Gasteiger partial charge in [0.25, 0.3) is 0 Å². The van der Waals surface area contributed by atoms with E-state index < -0.39 is 0 Å². The summed E-state index contributed by atoms with van der Waals surface area (Å²) in [6.45, 7) is 8.47. The van der Waals surface area contributed by atoms with Crippen LogP contribution in [0, 0.1) is 19.8 Å². The topological polar surface area (TPSA) is 95.6 Å². The van der Waals surface area contributed by atoms with E-state index in [2.05, 4.69) is 25.5 Å². The number of thiazole rings is 1. The van der Waals surface area contributed by atoms with Gasteiger partial charge in [0.05, 0.1) is 23.2 Å². The first-order valence-corrected chi connectivity index (χ1v) is 9.70. The van der Waals surface area contributed by atoms with Crippen LogP contribution >= 0.6 is 11.3 Å². The maximum atomic E-state index is 11.3. The number of primary amides is 1. The first kappa shape index (κ1) is 19.7. The van der Waals surface area contributed by atoms with Gasteiger partial charge >= 0.3 is 0 Å². The zero-order valence-electron chi connectivity index (χ0n) is 15.5. The summed E-state index contributed by atoms with van der Waals surface area (Å²) in [5.41, 5.74) is 6.51. The van der Waals surface area contributed by atoms with Gasteiger partial charge in [0.1, 0.15) is 0 Å². The van der Waals surface area contributed by atoms with Gasteiger partial charge in [0.2, 0.25) is 5.91 Å². The number of hydrogen-bond acceptors (Lipinski definition) is 5. The molecule has 1 aliphatic heterocycles. The minimum absolute atomic E-state index is 0.0160. The molecule has 0 bridgehead atoms. The Bertz CT molecular complexity index is 600. The van der Waals surface area contributed by atoms with Gasteiger partial charge in [-0.3, -0.25) is 9.79 Å². The highest BCUT2D eigenvalue weighted by Gasteiger charge is 2.23. The molecule has 1 saturated heterocycles. The van der Waals surface area contributed by atoms with Crippen LogP contribution in [0.5, 0.6) is 0 Å². The summed E-state index contributed by atoms with van der Waals surface area (Å²) >= 11 is 1.72. The predicted octanol–water partition coefficient (Wildman–Crippen LogP) is 1.01. The van der Waals surface area contributed by atoms with Crippen molar-refractivity contribution in [1.29, 1.82) is 0 Å². The van der Waals surface area contributed by atoms with Crippen LogP contribution in [0.4, 0.5) is 0 Å². The molecule has 1 atom stereocenters. The summed E-state index contributed by atoms with van der Waals surface area (Å²) in [5, 5.41) is 7.77. The Labute approximate surface area is 154 Å². The van der Waals surface area contributed by atoms with E-state index in [4.69, 9.17) is 5.73 Å². The van der Waals surface area contributed by atoms with Crippen LogP contribution in [-0.4, -0.2) is 55.0 Å². The Morgan fingerprint density at radius 2 is 2.24 bits per heavy atom. The first-order chi connectivity index (χ1) is 12.0. The summed E-state index contributed by atoms with van der Waals surface area (Å²) < 4.78 is 0. The van der Waals surface area contributed by atoms with E-state index in [0.717, 1.165) is 68.6 Å². The molecule has 25 heavy (non-hydrogen) atoms. The number of likely N-dealkylation sites (tertiary alicyclic amines) is 1. The van der Waals surface area contributed by atoms with E-state index in [-0.39, 0.29) is 11.8 Å². The fourth-order valence-electron chi connectivity index (χ4n) is 3.12. The average molecular weight is 367 g/mol. The summed E-state index contributed by atoms with van der Waals surface area (Å²) in [5.74, 6) is 0.655. The molecule has 2 rings (SSSR count). The number of amides is 1. The highest BCUT2D eigenvalue weighted by molar-refractivity contribution is 7.11. The van der Waals surface area contributed by atoms with Crippen molar-refractivity contribution in [2.75, 3.05) is 33.2 Å². The lowest BCUT2D eigenvalue weighted by molar-refractivity contribution is -0.123. The van der Waals surface area contributed by atoms with Gasteiger partial charge in [-0.05, 0) is 46.2 Å². The number of rotatable bonds is 7. The molecule has 1 unspecified atom stereocenters. The molecule has 1 aromatic heterocycles. The van der Waals surface area contributed by atoms with Crippen molar-refractivity contribution >= 4 is 23.2 Å². The minimum atomic E-state index is -0.166. The first-order valence-electron chi connectivity index (χ1n) is 8.88. The van der Waals surface area contributed by atoms with Gasteiger partial charge in [0, 0.05) is 25.0 Å². The van der Waals surface area contributed by atoms with Crippen molar-refractivity contribution in [3.8, 4) is 0 Å². The average Bonchev–Trinajstić information content (AvgIpc) is 2.92. The van der Waals surface area contributed by atoms with E-state index >= 15 is 0 Å². The predicted molar refractivity (Wildman–Crippen MR) is 103 cm³/mol. The van der Waals surface area contributed by atoms with Gasteiger partial charge < -0.3 is 21.3 Å². The molecule has 0 aromatic carbocycles. The van der Waals surface area contributed by atoms with Crippen LogP contribution in [0.3, 0.4) is 0 Å². The lowest BCUT2D eigenvalue weighted by atomic mass is 9.97. The molecule has 1 amide bonds. The third-order valence-corrected chi connectivity index (χ3v) is 5.56. The number of carbonyl (C=O) groups is 1. The molecular weight excluding hydrogens is 336 g/mol. The molecule has 0 spiro atoms. The molecule has 2 heterocycles. The second-order valence-corrected chi connectivity index (χ2v) is 7.78. The molecule has 4 N–H and O–H groups in total. The number of nitrogens with two attached hydrogens (primary N) is 1. The fourth-order valence-corrected chi connectivity index (χ4v) is 4.00. The van der Waals surface area contributed by atoms with E-state index in [0.29, 0.717) is 0 Å². The van der Waals surface area contributed by atoms with Crippen LogP contribution in [0.2, 0.25) is 0 Å². The number of carbonyl (C=O) groups excluding carboxylic acids is 1. The van der Waals surface area contributed by atoms with Crippen molar-refractivity contribution in [3.05, 3.63) is 15.6 Å². The Morgan fingerprint density at radius 1 is 1.44 bits per heavy atom. The molecule has 0 saturated carbocycles. The van der Waals surface area contributed by atoms with E-state index in [1.54, 1.807) is 18.4 Å². The molecular formula is C17H30N6OS. The summed E-state index contributed by atoms with van der Waals surface area (Å²) in [7, 11) is 1.78. The van der Waals surface area contributed by atoms with Crippen LogP contribution in [-0.2, 0) is 11.3 Å². The van der Waals surface area contributed by atoms with Gasteiger partial charge in [0.15, 0.2) is 5.96 Å². The lowest BCUT2D eigenvalue weighted by Gasteiger charge is -2.31. The number of nitrogens with one attached hydrogen (secondary N) is 2. The Balaban J connectivity index is 1.66. The largest absolute Gasteiger partial charge is 0.369 e. The molecule has 140 valence electrons. The number of aryl methyl sites for hydroxylation is 2. The maximum Gasteiger partial charge on any atom is 0.221 e. The summed E-state index contributed by atoms with van der Waals surface area (Å²) in [6, 6.07) is 0. The molecule has 0 radical (unpaired) electrons. The van der Waals surface area contributed by atoms with Crippen LogP contribution < -0.4 is 16.4 Å². The third kappa shape index (κ3) is 6.28. The highest BCUT2D eigenvalue weighted by atomic mass is 32.1. The van der Waals surface area contributed by atoms with E-state index in [1.165, 1.54) is 4.88 Å². The molecule has 1 aromatic rings. The van der Waals surface area contributed by atoms with Crippen LogP contribution in [0.1, 0.15) is 34.8 Å². The quantitative estimate of drug-likeness (QED) is 0.380. The number of piperidine rings is 1. The van der Waals surface area contributed by atoms with Crippen LogP contribution in [0.25, 0.3) is 0 Å². The molecule has 7 nitrogen and oxygen atoms in total. The van der Waals surface area contributed by atoms with Gasteiger partial charge in [-0.1, -0.05) is 0 Å². The minimum Gasteiger partial charge on any atom is -0.369 e. The van der Waals surface area contributed by atoms with Crippen LogP contribution in [0.15, 0.2) is 4.99 Å². The van der Waals surface area contributed by atoms with E-state index in [9.17, 15) is 4.79 Å². The SMILES string of the molecule is CN=C(NCCCN1CCCC(C(N)=O)C1)NCc1sc(C)nc1C. The summed E-state index contributed by atoms with van der Waals surface area (Å²) in [4.78, 5) is 23.6. The molecule has 1 aliphatic rings. The molecule has 0 aliphatic carbocycles. The smallest absolute Gasteiger partial charge is 0.221 e. The number of hydrogen-bond donors (Lipinski definition) is 3. The molecule has 8 heteroatoms. The van der Waals surface area contributed by atoms with Crippen molar-refractivity contribution in [2.45, 2.75) is 39.7 Å². The van der Waals surface area contributed by atoms with Crippen molar-refractivity contribution in [1.82, 2.24) is 20.5 Å². The Hall–Kier alpha value is -1.67. The van der Waals surface area contributed by atoms with Crippen molar-refractivity contribution in [2.24, 2.45) is 16.6 Å². The Morgan fingerprint density at radius 3 is 2.88 bits per heavy atom. The zero-order chi connectivity index (χ0) is 18.2. The van der Waals surface area contributed by atoms with Gasteiger partial charge in [-0.15, -0.1) is 11.3 Å². The zero-order valence-corrected chi connectivity index (χ0v) is 16.3. The fraction of sp³-hybridized carbons (Fsp3) is 0.706. The molecule has 1 fully saturated rings. The van der Waals surface area contributed by atoms with Crippen molar-refractivity contribution < 1.29 is 4.79 Å². The number of guanidine groups is 1. The van der Waals surface area contributed by atoms with Gasteiger partial charge in [-0.25, -0.2) is 4.98 Å². The normalized spacial score (nSPS) is 19.0. The number of aliphatic imine (C=N–C) groups is 1. The second-order valence-electron chi connectivity index (χ2n) is 6.49. The lowest BCUT2D eigenvalue weighted by Crippen LogP contribution is -2.42. The maximum absolute atomic E-state index is 11.3. The highest BCUT2D eigenvalue weighted by Crippen LogP contribution is 2.17. The third-order valence-electron chi connectivity index (χ3n) is 4.49. The number of aromatic nitrogens is 1. The number of nitrogens with zero attached hydrogens (tertiary/aromatic N) is 3. The van der Waals surface area contributed by atoms with E-state index in [1.807, 2.05) is 13.8 Å². The van der Waals surface area contributed by atoms with Crippen molar-refractivity contribution in [3.63, 3.8) is 0 Å². The Kier molecular flexibility index (Phi) is 7.64. The van der Waals surface area contributed by atoms with Gasteiger partial charge in [-0.2, -0.15) is 0 Å². The standard InChI is InChI=1S/C17H30N6OS/c1-12-15(25-13(2)22-12)10-21-17(19-3)20-7-5-9-23-8-4-6-14(11-23)16(18)24/h14H,4-11H2,1-3H3,(H2,18,24)(H2,19,20,21). The second kappa shape index (κ2) is 9.72.